The lowest BCUT2D eigenvalue weighted by Gasteiger charge is -2.27. The number of benzene rings is 1. The van der Waals surface area contributed by atoms with Crippen LogP contribution in [-0.4, -0.2) is 19.2 Å². The van der Waals surface area contributed by atoms with Crippen molar-refractivity contribution < 1.29 is 4.74 Å². The third-order valence-electron chi connectivity index (χ3n) is 3.81. The van der Waals surface area contributed by atoms with Crippen molar-refractivity contribution in [2.45, 2.75) is 45.6 Å². The summed E-state index contributed by atoms with van der Waals surface area (Å²) in [6, 6.07) is 8.95. The molecular formula is C16H25NO. The van der Waals surface area contributed by atoms with Gasteiger partial charge in [-0.05, 0) is 56.2 Å². The standard InChI is InChI=1S/C16H25NO/c1-13-6-8-15(9-7-13)17-10-11-18-16-5-3-4-14(2)12-16/h3-5,12-13,15,17H,6-11H2,1-2H3. The normalized spacial score (nSPS) is 23.9. The average Bonchev–Trinajstić information content (AvgIpc) is 2.37. The number of aryl methyl sites for hydroxylation is 1. The molecule has 0 unspecified atom stereocenters. The third-order valence-corrected chi connectivity index (χ3v) is 3.81. The summed E-state index contributed by atoms with van der Waals surface area (Å²) in [5, 5.41) is 3.60. The largest absolute Gasteiger partial charge is 0.492 e. The van der Waals surface area contributed by atoms with Crippen LogP contribution in [0.4, 0.5) is 0 Å². The molecule has 1 saturated carbocycles. The van der Waals surface area contributed by atoms with Gasteiger partial charge in [-0.3, -0.25) is 0 Å². The van der Waals surface area contributed by atoms with Crippen molar-refractivity contribution in [2.75, 3.05) is 13.2 Å². The SMILES string of the molecule is Cc1cccc(OCCNC2CCC(C)CC2)c1. The van der Waals surface area contributed by atoms with Crippen molar-refractivity contribution in [3.8, 4) is 5.75 Å². The van der Waals surface area contributed by atoms with Gasteiger partial charge in [-0.2, -0.15) is 0 Å². The molecule has 18 heavy (non-hydrogen) atoms. The summed E-state index contributed by atoms with van der Waals surface area (Å²) in [6.07, 6.45) is 5.39. The van der Waals surface area contributed by atoms with Crippen molar-refractivity contribution >= 4 is 0 Å². The lowest BCUT2D eigenvalue weighted by molar-refractivity contribution is 0.270. The minimum Gasteiger partial charge on any atom is -0.492 e. The van der Waals surface area contributed by atoms with Crippen LogP contribution in [0.1, 0.15) is 38.2 Å². The molecule has 2 heteroatoms. The molecule has 1 N–H and O–H groups in total. The first-order valence-corrected chi connectivity index (χ1v) is 7.17. The van der Waals surface area contributed by atoms with E-state index in [0.717, 1.165) is 24.8 Å². The first kappa shape index (κ1) is 13.4. The fraction of sp³-hybridized carbons (Fsp3) is 0.625. The molecule has 0 radical (unpaired) electrons. The van der Waals surface area contributed by atoms with Gasteiger partial charge in [0.15, 0.2) is 0 Å². The molecule has 0 aliphatic heterocycles. The Labute approximate surface area is 111 Å². The van der Waals surface area contributed by atoms with E-state index in [1.54, 1.807) is 0 Å². The molecule has 2 rings (SSSR count). The minimum absolute atomic E-state index is 0.710. The molecule has 2 nitrogen and oxygen atoms in total. The molecule has 0 heterocycles. The predicted octanol–water partition coefficient (Wildman–Crippen LogP) is 3.54. The molecule has 0 bridgehead atoms. The van der Waals surface area contributed by atoms with E-state index in [1.807, 2.05) is 12.1 Å². The highest BCUT2D eigenvalue weighted by atomic mass is 16.5. The van der Waals surface area contributed by atoms with Crippen molar-refractivity contribution in [1.82, 2.24) is 5.32 Å². The van der Waals surface area contributed by atoms with Crippen LogP contribution in [-0.2, 0) is 0 Å². The molecule has 0 aromatic heterocycles. The van der Waals surface area contributed by atoms with Gasteiger partial charge >= 0.3 is 0 Å². The average molecular weight is 247 g/mol. The zero-order valence-corrected chi connectivity index (χ0v) is 11.6. The van der Waals surface area contributed by atoms with Gasteiger partial charge < -0.3 is 10.1 Å². The molecule has 0 atom stereocenters. The van der Waals surface area contributed by atoms with Crippen LogP contribution in [0.5, 0.6) is 5.75 Å². The Morgan fingerprint density at radius 3 is 2.72 bits per heavy atom. The first-order chi connectivity index (χ1) is 8.74. The maximum atomic E-state index is 5.74. The first-order valence-electron chi connectivity index (χ1n) is 7.17. The molecule has 1 aromatic rings. The molecule has 1 fully saturated rings. The van der Waals surface area contributed by atoms with Crippen molar-refractivity contribution in [1.29, 1.82) is 0 Å². The van der Waals surface area contributed by atoms with Crippen LogP contribution in [0.2, 0.25) is 0 Å². The number of hydrogen-bond acceptors (Lipinski definition) is 2. The maximum Gasteiger partial charge on any atom is 0.119 e. The monoisotopic (exact) mass is 247 g/mol. The second kappa shape index (κ2) is 6.79. The quantitative estimate of drug-likeness (QED) is 0.804. The van der Waals surface area contributed by atoms with Crippen molar-refractivity contribution in [3.63, 3.8) is 0 Å². The molecule has 1 aliphatic rings. The number of hydrogen-bond donors (Lipinski definition) is 1. The molecule has 1 aliphatic carbocycles. The second-order valence-corrected chi connectivity index (χ2v) is 5.58. The number of rotatable bonds is 5. The van der Waals surface area contributed by atoms with Crippen molar-refractivity contribution in [2.24, 2.45) is 5.92 Å². The lowest BCUT2D eigenvalue weighted by Crippen LogP contribution is -2.35. The summed E-state index contributed by atoms with van der Waals surface area (Å²) >= 11 is 0. The van der Waals surface area contributed by atoms with E-state index in [9.17, 15) is 0 Å². The van der Waals surface area contributed by atoms with Gasteiger partial charge in [-0.25, -0.2) is 0 Å². The van der Waals surface area contributed by atoms with Gasteiger partial charge in [-0.1, -0.05) is 19.1 Å². The Balaban J connectivity index is 1.61. The zero-order valence-electron chi connectivity index (χ0n) is 11.6. The maximum absolute atomic E-state index is 5.74. The third kappa shape index (κ3) is 4.34. The highest BCUT2D eigenvalue weighted by molar-refractivity contribution is 5.27. The van der Waals surface area contributed by atoms with E-state index in [-0.39, 0.29) is 0 Å². The van der Waals surface area contributed by atoms with E-state index in [0.29, 0.717) is 6.04 Å². The van der Waals surface area contributed by atoms with E-state index < -0.39 is 0 Å². The van der Waals surface area contributed by atoms with Gasteiger partial charge in [0, 0.05) is 12.6 Å². The number of ether oxygens (including phenoxy) is 1. The van der Waals surface area contributed by atoms with Crippen LogP contribution >= 0.6 is 0 Å². The molecular weight excluding hydrogens is 222 g/mol. The van der Waals surface area contributed by atoms with Gasteiger partial charge in [0.1, 0.15) is 12.4 Å². The molecule has 0 amide bonds. The van der Waals surface area contributed by atoms with Crippen molar-refractivity contribution in [3.05, 3.63) is 29.8 Å². The topological polar surface area (TPSA) is 21.3 Å². The summed E-state index contributed by atoms with van der Waals surface area (Å²) in [5.74, 6) is 1.90. The molecule has 100 valence electrons. The Morgan fingerprint density at radius 2 is 2.00 bits per heavy atom. The lowest BCUT2D eigenvalue weighted by atomic mass is 9.87. The highest BCUT2D eigenvalue weighted by Gasteiger charge is 2.16. The summed E-state index contributed by atoms with van der Waals surface area (Å²) < 4.78 is 5.74. The van der Waals surface area contributed by atoms with Crippen LogP contribution in [0.3, 0.4) is 0 Å². The van der Waals surface area contributed by atoms with Gasteiger partial charge in [0.05, 0.1) is 0 Å². The van der Waals surface area contributed by atoms with Crippen LogP contribution in [0, 0.1) is 12.8 Å². The fourth-order valence-electron chi connectivity index (χ4n) is 2.60. The highest BCUT2D eigenvalue weighted by Crippen LogP contribution is 2.23. The minimum atomic E-state index is 0.710. The van der Waals surface area contributed by atoms with E-state index in [4.69, 9.17) is 4.74 Å². The second-order valence-electron chi connectivity index (χ2n) is 5.58. The van der Waals surface area contributed by atoms with E-state index >= 15 is 0 Å². The number of nitrogens with one attached hydrogen (secondary N) is 1. The smallest absolute Gasteiger partial charge is 0.119 e. The Kier molecular flexibility index (Phi) is 5.06. The molecule has 0 saturated heterocycles. The summed E-state index contributed by atoms with van der Waals surface area (Å²) in [7, 11) is 0. The van der Waals surface area contributed by atoms with Gasteiger partial charge in [0.25, 0.3) is 0 Å². The van der Waals surface area contributed by atoms with Crippen LogP contribution < -0.4 is 10.1 Å². The summed E-state index contributed by atoms with van der Waals surface area (Å²) in [5.41, 5.74) is 1.25. The Morgan fingerprint density at radius 1 is 1.22 bits per heavy atom. The Bertz CT molecular complexity index is 356. The molecule has 1 aromatic carbocycles. The summed E-state index contributed by atoms with van der Waals surface area (Å²) in [4.78, 5) is 0. The van der Waals surface area contributed by atoms with Gasteiger partial charge in [0.2, 0.25) is 0 Å². The summed E-state index contributed by atoms with van der Waals surface area (Å²) in [6.45, 7) is 6.16. The van der Waals surface area contributed by atoms with E-state index in [2.05, 4.69) is 31.3 Å². The fourth-order valence-corrected chi connectivity index (χ4v) is 2.60. The van der Waals surface area contributed by atoms with E-state index in [1.165, 1.54) is 31.2 Å². The van der Waals surface area contributed by atoms with Crippen LogP contribution in [0.25, 0.3) is 0 Å². The zero-order chi connectivity index (χ0) is 12.8. The van der Waals surface area contributed by atoms with Gasteiger partial charge in [-0.15, -0.1) is 0 Å². The Hall–Kier alpha value is -1.02. The predicted molar refractivity (Wildman–Crippen MR) is 76.1 cm³/mol. The van der Waals surface area contributed by atoms with Crippen LogP contribution in [0.15, 0.2) is 24.3 Å². The molecule has 0 spiro atoms.